The van der Waals surface area contributed by atoms with E-state index in [2.05, 4.69) is 15.0 Å². The Morgan fingerprint density at radius 2 is 0.778 bits per heavy atom. The summed E-state index contributed by atoms with van der Waals surface area (Å²) in [6, 6.07) is 23.1. The van der Waals surface area contributed by atoms with Gasteiger partial charge in [-0.1, -0.05) is 18.2 Å². The van der Waals surface area contributed by atoms with Gasteiger partial charge in [0.15, 0.2) is 0 Å². The fourth-order valence-electron chi connectivity index (χ4n) is 3.72. The van der Waals surface area contributed by atoms with Gasteiger partial charge in [0.05, 0.1) is 22.4 Å². The van der Waals surface area contributed by atoms with Crippen LogP contribution in [-0.2, 0) is 16.8 Å². The number of nitrogens with zero attached hydrogens (tertiary/aromatic N) is 9. The molecule has 0 N–H and O–H groups in total. The van der Waals surface area contributed by atoms with Gasteiger partial charge < -0.3 is 13.8 Å². The van der Waals surface area contributed by atoms with Crippen LogP contribution in [0.2, 0.25) is 0 Å². The minimum atomic E-state index is -10.7. The molecule has 20 heteroatoms. The standard InChI is InChI=1S/C24H18BN9.CH2Cl2.Co.F6P/c1-4-13-26-19(7-1)22-10-16-32(29-22)25(33-17-11-23(30-33)20-8-2-5-14-27-20)34-18-12-24(31-34)21-9-3-6-15-28-21;2-1-3;;1-7(2,3,4,5)6/h1-18H;1H2;;/q-1;;+2;-1. The quantitative estimate of drug-likeness (QED) is 0.0743. The van der Waals surface area contributed by atoms with Crippen LogP contribution in [0.5, 0.6) is 0 Å². The third-order valence-corrected chi connectivity index (χ3v) is 5.32. The fraction of sp³-hybridized carbons (Fsp3) is 0.0400. The minimum Gasteiger partial charge on any atom is -0.424 e. The number of hydrogen-bond donors (Lipinski definition) is 0. The second-order valence-electron chi connectivity index (χ2n) is 8.59. The van der Waals surface area contributed by atoms with Crippen LogP contribution in [-0.4, -0.2) is 56.5 Å². The molecule has 6 aromatic rings. The van der Waals surface area contributed by atoms with E-state index < -0.39 is 14.9 Å². The zero-order chi connectivity index (χ0) is 31.9. The Kier molecular flexibility index (Phi) is 11.2. The van der Waals surface area contributed by atoms with E-state index in [0.717, 1.165) is 34.2 Å². The molecule has 0 fully saturated rings. The number of alkyl halides is 2. The van der Waals surface area contributed by atoms with Crippen LogP contribution in [0.15, 0.2) is 110 Å². The fourth-order valence-corrected chi connectivity index (χ4v) is 3.72. The van der Waals surface area contributed by atoms with Crippen molar-refractivity contribution in [1.82, 2.24) is 44.0 Å². The van der Waals surface area contributed by atoms with Crippen LogP contribution in [0.4, 0.5) is 25.2 Å². The number of aromatic nitrogens is 9. The maximum absolute atomic E-state index is 10.7. The van der Waals surface area contributed by atoms with E-state index >= 15 is 0 Å². The van der Waals surface area contributed by atoms with E-state index in [1.807, 2.05) is 105 Å². The van der Waals surface area contributed by atoms with Gasteiger partial charge in [0.25, 0.3) is 7.12 Å². The smallest absolute Gasteiger partial charge is 0.424 e. The number of halogens is 8. The first-order valence-corrected chi connectivity index (χ1v) is 15.4. The maximum Gasteiger partial charge on any atom is 2.00 e. The monoisotopic (exact) mass is 731 g/mol. The van der Waals surface area contributed by atoms with E-state index in [1.54, 1.807) is 18.6 Å². The molecule has 0 aliphatic heterocycles. The van der Waals surface area contributed by atoms with Crippen molar-refractivity contribution in [1.29, 1.82) is 0 Å². The van der Waals surface area contributed by atoms with Crippen LogP contribution >= 0.6 is 31.0 Å². The molecule has 6 aromatic heterocycles. The molecule has 0 amide bonds. The summed E-state index contributed by atoms with van der Waals surface area (Å²) in [4.78, 5) is 13.3. The van der Waals surface area contributed by atoms with Crippen molar-refractivity contribution in [3.63, 3.8) is 0 Å². The third-order valence-electron chi connectivity index (χ3n) is 5.32. The Balaban J connectivity index is 0.000000441. The molecule has 0 saturated heterocycles. The predicted octanol–water partition coefficient (Wildman–Crippen LogP) is 8.19. The molecule has 0 atom stereocenters. The Hall–Kier alpha value is -3.76. The van der Waals surface area contributed by atoms with Crippen molar-refractivity contribution in [3.05, 3.63) is 110 Å². The summed E-state index contributed by atoms with van der Waals surface area (Å²) in [5.41, 5.74) is 4.68. The van der Waals surface area contributed by atoms with Gasteiger partial charge >= 0.3 is 49.8 Å². The summed E-state index contributed by atoms with van der Waals surface area (Å²) in [6.45, 7) is 0. The first-order chi connectivity index (χ1) is 20.7. The molecule has 9 nitrogen and oxygen atoms in total. The first-order valence-electron chi connectivity index (χ1n) is 12.3. The zero-order valence-corrected chi connectivity index (χ0v) is 26.0. The van der Waals surface area contributed by atoms with Crippen LogP contribution in [0, 0.1) is 0 Å². The first kappa shape index (κ1) is 35.7. The van der Waals surface area contributed by atoms with Gasteiger partial charge in [-0.3, -0.25) is 15.0 Å². The Labute approximate surface area is 272 Å². The van der Waals surface area contributed by atoms with Crippen molar-refractivity contribution in [3.8, 4) is 34.2 Å². The zero-order valence-electron chi connectivity index (χ0n) is 22.5. The van der Waals surface area contributed by atoms with Crippen LogP contribution in [0.3, 0.4) is 0 Å². The molecule has 6 heterocycles. The van der Waals surface area contributed by atoms with E-state index in [-0.39, 0.29) is 22.1 Å². The number of rotatable bonds is 6. The molecule has 0 unspecified atom stereocenters. The average Bonchev–Trinajstić information content (AvgIpc) is 3.76. The topological polar surface area (TPSA) is 92.1 Å². The molecule has 0 aliphatic carbocycles. The van der Waals surface area contributed by atoms with E-state index in [4.69, 9.17) is 38.5 Å². The summed E-state index contributed by atoms with van der Waals surface area (Å²) in [5, 5.41) is 14.6. The molecule has 0 bridgehead atoms. The van der Waals surface area contributed by atoms with Crippen LogP contribution in [0.1, 0.15) is 0 Å². The van der Waals surface area contributed by atoms with E-state index in [0.29, 0.717) is 0 Å². The minimum absolute atomic E-state index is 0. The Morgan fingerprint density at radius 1 is 0.511 bits per heavy atom. The molecule has 6 rings (SSSR count). The van der Waals surface area contributed by atoms with Gasteiger partial charge in [-0.15, -0.1) is 23.2 Å². The average molecular weight is 732 g/mol. The molecular formula is C25H20BCl2CoF6N9P. The second kappa shape index (κ2) is 14.1. The van der Waals surface area contributed by atoms with Crippen molar-refractivity contribution in [2.24, 2.45) is 0 Å². The van der Waals surface area contributed by atoms with E-state index in [1.165, 1.54) is 0 Å². The van der Waals surface area contributed by atoms with Gasteiger partial charge in [-0.05, 0) is 73.2 Å². The van der Waals surface area contributed by atoms with Crippen molar-refractivity contribution in [2.45, 2.75) is 0 Å². The summed E-state index contributed by atoms with van der Waals surface area (Å²) < 4.78 is 64.6. The van der Waals surface area contributed by atoms with Crippen molar-refractivity contribution in [2.75, 3.05) is 5.34 Å². The molecule has 0 aliphatic rings. The summed E-state index contributed by atoms with van der Waals surface area (Å²) >= 11 is 9.53. The van der Waals surface area contributed by atoms with Crippen molar-refractivity contribution < 1.29 is 42.0 Å². The van der Waals surface area contributed by atoms with Crippen LogP contribution < -0.4 is 0 Å². The van der Waals surface area contributed by atoms with Gasteiger partial charge in [-0.25, -0.2) is 15.3 Å². The second-order valence-corrected chi connectivity index (χ2v) is 11.3. The number of hydrogen-bond acceptors (Lipinski definition) is 6. The largest absolute Gasteiger partial charge is 2.00 e. The Morgan fingerprint density at radius 3 is 1.00 bits per heavy atom. The summed E-state index contributed by atoms with van der Waals surface area (Å²) in [6.07, 6.45) is 11.0. The number of pyridine rings is 3. The summed E-state index contributed by atoms with van der Waals surface area (Å²) in [7, 11) is -11.1. The molecule has 2 radical (unpaired) electrons. The molecule has 0 spiro atoms. The molecule has 0 saturated carbocycles. The third kappa shape index (κ3) is 11.6. The molecular weight excluding hydrogens is 712 g/mol. The van der Waals surface area contributed by atoms with Gasteiger partial charge in [0.1, 0.15) is 17.1 Å². The Bertz CT molecular complexity index is 1580. The van der Waals surface area contributed by atoms with E-state index in [9.17, 15) is 25.2 Å². The van der Waals surface area contributed by atoms with Gasteiger partial charge in [0.2, 0.25) is 0 Å². The predicted molar refractivity (Wildman–Crippen MR) is 158 cm³/mol. The van der Waals surface area contributed by atoms with Gasteiger partial charge in [0, 0.05) is 18.6 Å². The molecule has 45 heavy (non-hydrogen) atoms. The molecule has 238 valence electrons. The normalized spacial score (nSPS) is 12.5. The summed E-state index contributed by atoms with van der Waals surface area (Å²) in [5.74, 6) is 0. The maximum atomic E-state index is 9.87. The van der Waals surface area contributed by atoms with Gasteiger partial charge in [-0.2, -0.15) is 0 Å². The van der Waals surface area contributed by atoms with Crippen molar-refractivity contribution >= 4 is 38.1 Å². The molecule has 0 aromatic carbocycles. The SMILES string of the molecule is ClCCl.F[P-](F)(F)(F)(F)F.[Co+2].c1ccc(-c2ccn([B-](n3ccc(-c4ccccn4)n3)n3ccc(-c4ccccn4)n3)n2)nc1. The van der Waals surface area contributed by atoms with Crippen LogP contribution in [0.25, 0.3) is 34.2 Å².